The van der Waals surface area contributed by atoms with E-state index >= 15 is 0 Å². The largest absolute Gasteiger partial charge is 0.390 e. The summed E-state index contributed by atoms with van der Waals surface area (Å²) in [6.45, 7) is -0.761. The highest BCUT2D eigenvalue weighted by atomic mass is 32.2. The minimum absolute atomic E-state index is 0.00190. The van der Waals surface area contributed by atoms with Crippen LogP contribution in [0.5, 0.6) is 0 Å². The minimum atomic E-state index is -4.47. The lowest BCUT2D eigenvalue weighted by atomic mass is 10.00. The third-order valence-corrected chi connectivity index (χ3v) is 11.1. The molecule has 7 N–H and O–H groups in total. The molecule has 14 nitrogen and oxygen atoms in total. The number of hydrogen-bond donors (Lipinski definition) is 5. The number of primary sulfonamides is 1. The van der Waals surface area contributed by atoms with Gasteiger partial charge in [-0.05, 0) is 47.9 Å². The molecule has 53 heavy (non-hydrogen) atoms. The molecule has 3 unspecified atom stereocenters. The molecule has 5 rings (SSSR count). The van der Waals surface area contributed by atoms with Gasteiger partial charge in [-0.25, -0.2) is 27.0 Å². The predicted molar refractivity (Wildman–Crippen MR) is 197 cm³/mol. The molecule has 0 aliphatic rings. The molecule has 276 valence electrons. The summed E-state index contributed by atoms with van der Waals surface area (Å²) < 4.78 is 53.2. The van der Waals surface area contributed by atoms with Crippen LogP contribution >= 0.6 is 0 Å². The highest BCUT2D eigenvalue weighted by Gasteiger charge is 2.33. The van der Waals surface area contributed by atoms with Gasteiger partial charge in [0.05, 0.1) is 33.9 Å². The zero-order valence-electron chi connectivity index (χ0n) is 28.3. The van der Waals surface area contributed by atoms with Crippen molar-refractivity contribution in [1.82, 2.24) is 19.9 Å². The summed E-state index contributed by atoms with van der Waals surface area (Å²) in [7, 11) is -8.72. The van der Waals surface area contributed by atoms with Gasteiger partial charge in [-0.2, -0.15) is 4.31 Å². The van der Waals surface area contributed by atoms with E-state index in [1.165, 1.54) is 18.2 Å². The number of nitrogens with zero attached hydrogens (tertiary/aromatic N) is 2. The lowest BCUT2D eigenvalue weighted by Crippen LogP contribution is -2.53. The lowest BCUT2D eigenvalue weighted by Gasteiger charge is -2.30. The van der Waals surface area contributed by atoms with E-state index in [-0.39, 0.29) is 23.6 Å². The Morgan fingerprint density at radius 1 is 0.755 bits per heavy atom. The Morgan fingerprint density at radius 3 is 2.04 bits per heavy atom. The molecule has 16 heteroatoms. The van der Waals surface area contributed by atoms with Crippen molar-refractivity contribution in [1.29, 1.82) is 0 Å². The predicted octanol–water partition coefficient (Wildman–Crippen LogP) is 1.84. The fourth-order valence-electron chi connectivity index (χ4n) is 5.58. The molecule has 0 fully saturated rings. The highest BCUT2D eigenvalue weighted by molar-refractivity contribution is 7.90. The molecule has 4 aromatic carbocycles. The van der Waals surface area contributed by atoms with Gasteiger partial charge in [0, 0.05) is 18.5 Å². The summed E-state index contributed by atoms with van der Waals surface area (Å²) in [4.78, 5) is 42.5. The number of benzene rings is 4. The number of fused-ring (bicyclic) bond motifs is 1. The van der Waals surface area contributed by atoms with Gasteiger partial charge >= 0.3 is 0 Å². The Bertz CT molecular complexity index is 2310. The van der Waals surface area contributed by atoms with Crippen LogP contribution in [-0.4, -0.2) is 73.7 Å². The van der Waals surface area contributed by atoms with Crippen LogP contribution in [0.2, 0.25) is 0 Å². The Morgan fingerprint density at radius 2 is 1.38 bits per heavy atom. The molecule has 3 atom stereocenters. The smallest absolute Gasteiger partial charge is 0.270 e. The molecule has 0 bridgehead atoms. The lowest BCUT2D eigenvalue weighted by molar-refractivity contribution is -0.127. The third kappa shape index (κ3) is 10.3. The van der Waals surface area contributed by atoms with Crippen molar-refractivity contribution >= 4 is 48.7 Å². The van der Waals surface area contributed by atoms with E-state index in [0.29, 0.717) is 16.6 Å². The average molecular weight is 759 g/mol. The average Bonchev–Trinajstić information content (AvgIpc) is 3.14. The minimum Gasteiger partial charge on any atom is -0.390 e. The Kier molecular flexibility index (Phi) is 12.3. The maximum Gasteiger partial charge on any atom is 0.270 e. The number of para-hydroxylation sites is 1. The second kappa shape index (κ2) is 16.9. The Balaban J connectivity index is 1.39. The van der Waals surface area contributed by atoms with Gasteiger partial charge in [0.25, 0.3) is 5.91 Å². The SMILES string of the molecule is NC(=O)C(CC(=O)NC(Cc1ccccc1)C(O)CN(Cc1ccccc1)S(=O)(=O)c1cccc(S(N)(=O)=O)c1)NC(=O)c1ccc2ccccc2n1. The summed E-state index contributed by atoms with van der Waals surface area (Å²) in [5, 5.41) is 22.9. The van der Waals surface area contributed by atoms with Gasteiger partial charge in [-0.3, -0.25) is 14.4 Å². The zero-order valence-corrected chi connectivity index (χ0v) is 29.9. The first-order valence-corrected chi connectivity index (χ1v) is 19.3. The van der Waals surface area contributed by atoms with Gasteiger partial charge in [-0.1, -0.05) is 91.0 Å². The number of pyridine rings is 1. The molecule has 1 heterocycles. The van der Waals surface area contributed by atoms with Crippen molar-refractivity contribution in [3.63, 3.8) is 0 Å². The molecule has 0 radical (unpaired) electrons. The van der Waals surface area contributed by atoms with Crippen molar-refractivity contribution in [3.05, 3.63) is 138 Å². The van der Waals surface area contributed by atoms with Crippen molar-refractivity contribution in [3.8, 4) is 0 Å². The quantitative estimate of drug-likeness (QED) is 0.0987. The van der Waals surface area contributed by atoms with Crippen LogP contribution in [-0.2, 0) is 42.6 Å². The van der Waals surface area contributed by atoms with Crippen LogP contribution in [0.1, 0.15) is 28.0 Å². The summed E-state index contributed by atoms with van der Waals surface area (Å²) in [6.07, 6.45) is -2.09. The number of sulfonamides is 2. The first-order chi connectivity index (χ1) is 25.2. The number of aromatic nitrogens is 1. The van der Waals surface area contributed by atoms with Crippen LogP contribution in [0, 0.1) is 0 Å². The summed E-state index contributed by atoms with van der Waals surface area (Å²) >= 11 is 0. The first kappa shape index (κ1) is 38.7. The molecular weight excluding hydrogens is 721 g/mol. The number of nitrogens with two attached hydrogens (primary N) is 2. The van der Waals surface area contributed by atoms with E-state index in [2.05, 4.69) is 15.6 Å². The van der Waals surface area contributed by atoms with Crippen molar-refractivity contribution < 1.29 is 36.3 Å². The molecule has 5 aromatic rings. The van der Waals surface area contributed by atoms with Gasteiger partial charge in [0.2, 0.25) is 31.9 Å². The maximum absolute atomic E-state index is 14.1. The summed E-state index contributed by atoms with van der Waals surface area (Å²) in [6, 6.07) is 29.6. The normalized spacial score (nSPS) is 13.6. The van der Waals surface area contributed by atoms with E-state index in [1.807, 2.05) is 12.1 Å². The summed E-state index contributed by atoms with van der Waals surface area (Å²) in [5.41, 5.74) is 7.38. The summed E-state index contributed by atoms with van der Waals surface area (Å²) in [5.74, 6) is -2.49. The number of carbonyl (C=O) groups excluding carboxylic acids is 3. The van der Waals surface area contributed by atoms with Gasteiger partial charge in [0.15, 0.2) is 0 Å². The molecule has 0 aliphatic heterocycles. The van der Waals surface area contributed by atoms with Crippen LogP contribution in [0.3, 0.4) is 0 Å². The fraction of sp³-hybridized carbons (Fsp3) is 0.189. The number of hydrogen-bond acceptors (Lipinski definition) is 9. The van der Waals surface area contributed by atoms with E-state index in [9.17, 15) is 36.3 Å². The molecule has 0 aliphatic carbocycles. The number of nitrogens with one attached hydrogen (secondary N) is 2. The number of carbonyl (C=O) groups is 3. The van der Waals surface area contributed by atoms with Crippen molar-refractivity contribution in [2.45, 2.75) is 47.4 Å². The second-order valence-electron chi connectivity index (χ2n) is 12.3. The van der Waals surface area contributed by atoms with E-state index in [0.717, 1.165) is 21.8 Å². The van der Waals surface area contributed by atoms with Crippen molar-refractivity contribution in [2.75, 3.05) is 6.54 Å². The number of amides is 3. The van der Waals surface area contributed by atoms with Crippen LogP contribution < -0.4 is 21.5 Å². The number of primary amides is 1. The number of rotatable bonds is 16. The maximum atomic E-state index is 14.1. The van der Waals surface area contributed by atoms with Gasteiger partial charge in [0.1, 0.15) is 11.7 Å². The van der Waals surface area contributed by atoms with E-state index < -0.39 is 73.8 Å². The monoisotopic (exact) mass is 758 g/mol. The molecule has 3 amide bonds. The number of aliphatic hydroxyl groups is 1. The van der Waals surface area contributed by atoms with Gasteiger partial charge in [-0.15, -0.1) is 0 Å². The van der Waals surface area contributed by atoms with Gasteiger partial charge < -0.3 is 21.5 Å². The van der Waals surface area contributed by atoms with E-state index in [4.69, 9.17) is 10.9 Å². The molecule has 0 saturated carbocycles. The highest BCUT2D eigenvalue weighted by Crippen LogP contribution is 2.23. The third-order valence-electron chi connectivity index (χ3n) is 8.34. The Hall–Kier alpha value is -5.52. The number of aliphatic hydroxyl groups excluding tert-OH is 1. The molecule has 1 aromatic heterocycles. The van der Waals surface area contributed by atoms with Crippen LogP contribution in [0.15, 0.2) is 131 Å². The van der Waals surface area contributed by atoms with Crippen molar-refractivity contribution in [2.24, 2.45) is 10.9 Å². The topological polar surface area (TPSA) is 232 Å². The molecular formula is C37H38N6O8S2. The standard InChI is InChI=1S/C37H38N6O8S2/c38-36(46)33(42-37(47)31-19-18-27-14-7-8-17-30(27)40-31)22-35(45)41-32(20-25-10-3-1-4-11-25)34(44)24-43(23-26-12-5-2-6-13-26)53(50,51)29-16-9-15-28(21-29)52(39,48)49/h1-19,21,32-34,44H,20,22-24H2,(H2,38,46)(H,41,45)(H,42,47)(H2,39,48,49). The fourth-order valence-corrected chi connectivity index (χ4v) is 7.71. The van der Waals surface area contributed by atoms with Crippen LogP contribution in [0.25, 0.3) is 10.9 Å². The molecule has 0 saturated heterocycles. The first-order valence-electron chi connectivity index (χ1n) is 16.3. The molecule has 0 spiro atoms. The van der Waals surface area contributed by atoms with Crippen LogP contribution in [0.4, 0.5) is 0 Å². The second-order valence-corrected chi connectivity index (χ2v) is 15.8. The van der Waals surface area contributed by atoms with E-state index in [1.54, 1.807) is 78.9 Å². The zero-order chi connectivity index (χ0) is 38.2. The Labute approximate surface area is 306 Å².